The van der Waals surface area contributed by atoms with Crippen molar-refractivity contribution in [1.82, 2.24) is 4.90 Å². The Hall–Kier alpha value is -2.32. The molecule has 0 saturated heterocycles. The summed E-state index contributed by atoms with van der Waals surface area (Å²) in [4.78, 5) is 30.2. The summed E-state index contributed by atoms with van der Waals surface area (Å²) in [6, 6.07) is 18.5. The molecule has 0 atom stereocenters. The number of esters is 1. The minimum Gasteiger partial charge on any atom is -0.465 e. The fraction of sp³-hybridized carbons (Fsp3) is 0.333. The Balaban J connectivity index is 0.00000342. The summed E-state index contributed by atoms with van der Waals surface area (Å²) in [6.45, 7) is 6.79. The molecule has 1 aromatic heterocycles. The van der Waals surface area contributed by atoms with E-state index in [0.29, 0.717) is 15.8 Å². The zero-order valence-electron chi connectivity index (χ0n) is 20.2. The van der Waals surface area contributed by atoms with Crippen molar-refractivity contribution < 1.29 is 14.3 Å². The number of anilines is 1. The maximum absolute atomic E-state index is 12.9. The van der Waals surface area contributed by atoms with Gasteiger partial charge in [0.05, 0.1) is 19.1 Å². The quantitative estimate of drug-likeness (QED) is 0.278. The third-order valence-electron chi connectivity index (χ3n) is 5.69. The predicted octanol–water partition coefficient (Wildman–Crippen LogP) is 6.20. The molecule has 0 radical (unpaired) electrons. The van der Waals surface area contributed by atoms with E-state index in [1.807, 2.05) is 18.2 Å². The van der Waals surface area contributed by atoms with Gasteiger partial charge in [-0.1, -0.05) is 56.3 Å². The van der Waals surface area contributed by atoms with Gasteiger partial charge >= 0.3 is 5.97 Å². The molecule has 186 valence electrons. The molecule has 35 heavy (non-hydrogen) atoms. The highest BCUT2D eigenvalue weighted by molar-refractivity contribution is 7.99. The van der Waals surface area contributed by atoms with Crippen molar-refractivity contribution in [2.45, 2.75) is 49.9 Å². The van der Waals surface area contributed by atoms with Crippen LogP contribution in [0.5, 0.6) is 0 Å². The number of carbonyl (C=O) groups is 2. The van der Waals surface area contributed by atoms with Gasteiger partial charge in [0, 0.05) is 34.7 Å². The molecule has 1 aliphatic heterocycles. The van der Waals surface area contributed by atoms with Crippen LogP contribution in [0.15, 0.2) is 59.5 Å². The molecule has 5 nitrogen and oxygen atoms in total. The SMILES string of the molecule is COC(=O)c1c(NC(=O)Cc2ccc(SC(C)C)cc2)sc2c1CCN(Cc1ccccc1)C2.Cl. The number of rotatable bonds is 8. The average Bonchev–Trinajstić information content (AvgIpc) is 3.17. The van der Waals surface area contributed by atoms with Gasteiger partial charge in [-0.05, 0) is 35.2 Å². The topological polar surface area (TPSA) is 58.6 Å². The van der Waals surface area contributed by atoms with Crippen LogP contribution < -0.4 is 5.32 Å². The van der Waals surface area contributed by atoms with Crippen LogP contribution >= 0.6 is 35.5 Å². The lowest BCUT2D eigenvalue weighted by atomic mass is 10.0. The number of thioether (sulfide) groups is 1. The van der Waals surface area contributed by atoms with Gasteiger partial charge in [-0.2, -0.15) is 0 Å². The van der Waals surface area contributed by atoms with Gasteiger partial charge in [0.2, 0.25) is 5.91 Å². The van der Waals surface area contributed by atoms with E-state index < -0.39 is 0 Å². The van der Waals surface area contributed by atoms with Crippen molar-refractivity contribution in [1.29, 1.82) is 0 Å². The number of nitrogens with zero attached hydrogens (tertiary/aromatic N) is 1. The minimum atomic E-state index is -0.389. The van der Waals surface area contributed by atoms with Crippen molar-refractivity contribution in [2.75, 3.05) is 19.0 Å². The number of methoxy groups -OCH3 is 1. The first-order valence-electron chi connectivity index (χ1n) is 11.5. The molecule has 8 heteroatoms. The molecule has 1 N–H and O–H groups in total. The smallest absolute Gasteiger partial charge is 0.341 e. The van der Waals surface area contributed by atoms with Crippen LogP contribution in [0, 0.1) is 0 Å². The number of ether oxygens (including phenoxy) is 1. The molecule has 0 fully saturated rings. The first-order valence-corrected chi connectivity index (χ1v) is 13.2. The number of hydrogen-bond donors (Lipinski definition) is 1. The molecule has 0 saturated carbocycles. The second-order valence-corrected chi connectivity index (χ2v) is 11.4. The third-order valence-corrected chi connectivity index (χ3v) is 7.84. The maximum Gasteiger partial charge on any atom is 0.341 e. The molecule has 0 spiro atoms. The van der Waals surface area contributed by atoms with Gasteiger partial charge in [0.1, 0.15) is 5.00 Å². The van der Waals surface area contributed by atoms with Gasteiger partial charge < -0.3 is 10.1 Å². The summed E-state index contributed by atoms with van der Waals surface area (Å²) in [5.41, 5.74) is 3.73. The van der Waals surface area contributed by atoms with E-state index in [4.69, 9.17) is 4.74 Å². The van der Waals surface area contributed by atoms with Gasteiger partial charge in [-0.15, -0.1) is 35.5 Å². The van der Waals surface area contributed by atoms with E-state index in [0.717, 1.165) is 42.1 Å². The van der Waals surface area contributed by atoms with Crippen molar-refractivity contribution in [3.63, 3.8) is 0 Å². The van der Waals surface area contributed by atoms with Crippen LogP contribution in [0.1, 0.15) is 45.8 Å². The Morgan fingerprint density at radius 1 is 1.09 bits per heavy atom. The molecule has 3 aromatic rings. The van der Waals surface area contributed by atoms with E-state index in [9.17, 15) is 9.59 Å². The summed E-state index contributed by atoms with van der Waals surface area (Å²) in [6.07, 6.45) is 1.02. The number of thiophene rings is 1. The Bertz CT molecular complexity index is 1150. The van der Waals surface area contributed by atoms with Gasteiger partial charge in [-0.3, -0.25) is 9.69 Å². The van der Waals surface area contributed by atoms with E-state index >= 15 is 0 Å². The summed E-state index contributed by atoms with van der Waals surface area (Å²) >= 11 is 3.29. The number of fused-ring (bicyclic) bond motifs is 1. The standard InChI is InChI=1S/C27H30N2O3S2.ClH/c1-18(2)33-21-11-9-19(10-12-21)15-24(30)28-26-25(27(31)32-3)22-13-14-29(17-23(22)34-26)16-20-7-5-4-6-8-20;/h4-12,18H,13-17H2,1-3H3,(H,28,30);1H. The Labute approximate surface area is 221 Å². The predicted molar refractivity (Wildman–Crippen MR) is 147 cm³/mol. The fourth-order valence-electron chi connectivity index (χ4n) is 4.15. The van der Waals surface area contributed by atoms with Crippen LogP contribution in [-0.4, -0.2) is 35.7 Å². The van der Waals surface area contributed by atoms with Crippen molar-refractivity contribution in [3.05, 3.63) is 81.7 Å². The van der Waals surface area contributed by atoms with Crippen molar-refractivity contribution in [3.8, 4) is 0 Å². The number of halogens is 1. The Morgan fingerprint density at radius 3 is 2.46 bits per heavy atom. The van der Waals surface area contributed by atoms with E-state index in [-0.39, 0.29) is 30.7 Å². The molecule has 1 amide bonds. The van der Waals surface area contributed by atoms with Crippen molar-refractivity contribution >= 4 is 52.4 Å². The monoisotopic (exact) mass is 530 g/mol. The number of carbonyl (C=O) groups excluding carboxylic acids is 2. The first kappa shape index (κ1) is 27.3. The van der Waals surface area contributed by atoms with Crippen LogP contribution in [0.2, 0.25) is 0 Å². The number of amides is 1. The summed E-state index contributed by atoms with van der Waals surface area (Å²) in [7, 11) is 1.39. The van der Waals surface area contributed by atoms with Gasteiger partial charge in [-0.25, -0.2) is 4.79 Å². The average molecular weight is 531 g/mol. The highest BCUT2D eigenvalue weighted by atomic mass is 35.5. The lowest BCUT2D eigenvalue weighted by Gasteiger charge is -2.27. The summed E-state index contributed by atoms with van der Waals surface area (Å²) in [5, 5.41) is 4.10. The number of benzene rings is 2. The fourth-order valence-corrected chi connectivity index (χ4v) is 6.29. The largest absolute Gasteiger partial charge is 0.465 e. The number of hydrogen-bond acceptors (Lipinski definition) is 6. The van der Waals surface area contributed by atoms with Gasteiger partial charge in [0.25, 0.3) is 0 Å². The van der Waals surface area contributed by atoms with Crippen LogP contribution in [0.3, 0.4) is 0 Å². The van der Waals surface area contributed by atoms with E-state index in [2.05, 4.69) is 60.5 Å². The number of nitrogens with one attached hydrogen (secondary N) is 1. The molecule has 0 unspecified atom stereocenters. The third kappa shape index (κ3) is 7.10. The molecule has 2 aromatic carbocycles. The normalized spacial score (nSPS) is 13.1. The molecule has 0 bridgehead atoms. The zero-order chi connectivity index (χ0) is 24.1. The Morgan fingerprint density at radius 2 is 1.80 bits per heavy atom. The lowest BCUT2D eigenvalue weighted by molar-refractivity contribution is -0.115. The molecular formula is C27H31ClN2O3S2. The van der Waals surface area contributed by atoms with E-state index in [1.54, 1.807) is 11.8 Å². The first-order chi connectivity index (χ1) is 16.4. The second kappa shape index (κ2) is 12.6. The lowest BCUT2D eigenvalue weighted by Crippen LogP contribution is -2.29. The second-order valence-electron chi connectivity index (χ2n) is 8.68. The highest BCUT2D eigenvalue weighted by Crippen LogP contribution is 2.38. The van der Waals surface area contributed by atoms with Crippen LogP contribution in [-0.2, 0) is 35.5 Å². The molecule has 4 rings (SSSR count). The molecule has 1 aliphatic rings. The van der Waals surface area contributed by atoms with E-state index in [1.165, 1.54) is 28.9 Å². The summed E-state index contributed by atoms with van der Waals surface area (Å²) < 4.78 is 5.07. The molecular weight excluding hydrogens is 500 g/mol. The molecule has 0 aliphatic carbocycles. The van der Waals surface area contributed by atoms with Crippen LogP contribution in [0.25, 0.3) is 0 Å². The Kier molecular flexibility index (Phi) is 9.80. The molecule has 2 heterocycles. The van der Waals surface area contributed by atoms with Gasteiger partial charge in [0.15, 0.2) is 0 Å². The van der Waals surface area contributed by atoms with Crippen molar-refractivity contribution in [2.24, 2.45) is 0 Å². The minimum absolute atomic E-state index is 0. The zero-order valence-corrected chi connectivity index (χ0v) is 22.7. The maximum atomic E-state index is 12.9. The summed E-state index contributed by atoms with van der Waals surface area (Å²) in [5.74, 6) is -0.520. The highest BCUT2D eigenvalue weighted by Gasteiger charge is 2.29. The van der Waals surface area contributed by atoms with Crippen LogP contribution in [0.4, 0.5) is 5.00 Å².